The molecule has 18 nitrogen and oxygen atoms in total. The van der Waals surface area contributed by atoms with Gasteiger partial charge in [0.15, 0.2) is 10.9 Å². The molecule has 0 unspecified atom stereocenters. The first-order valence-electron chi connectivity index (χ1n) is 19.0. The Balaban J connectivity index is 0.000000176. The highest BCUT2D eigenvalue weighted by molar-refractivity contribution is 5.98. The quantitative estimate of drug-likeness (QED) is 0.0700. The lowest BCUT2D eigenvalue weighted by Gasteiger charge is -2.14. The van der Waals surface area contributed by atoms with E-state index in [1.807, 2.05) is 54.6 Å². The van der Waals surface area contributed by atoms with Crippen molar-refractivity contribution in [3.05, 3.63) is 187 Å². The summed E-state index contributed by atoms with van der Waals surface area (Å²) in [6.45, 7) is 0.0942. The van der Waals surface area contributed by atoms with Crippen molar-refractivity contribution in [1.82, 2.24) is 10.3 Å². The SMILES string of the molecule is N#Cc1ccccc1-c1cc(C(=O)O)ccc1Nc1ccc([N+](=O)[O-])c2c1=NCN=2.O=C(O)c1ccc(Nc2ccc([N+](=O)[O-])c3nonc23)c(-c2ccc(-c3ccccc3)cc2)c1. The molecule has 0 radical (unpaired) electrons. The maximum Gasteiger partial charge on any atom is 0.335 e. The monoisotopic (exact) mass is 851 g/mol. The molecule has 64 heavy (non-hydrogen) atoms. The minimum absolute atomic E-state index is 0.0194. The molecule has 18 heteroatoms. The zero-order chi connectivity index (χ0) is 44.9. The number of nitro groups is 2. The van der Waals surface area contributed by atoms with Crippen molar-refractivity contribution in [3.8, 4) is 39.4 Å². The molecule has 4 N–H and O–H groups in total. The number of anilines is 4. The van der Waals surface area contributed by atoms with Crippen LogP contribution in [0.1, 0.15) is 26.3 Å². The molecule has 0 atom stereocenters. The molecule has 9 rings (SSSR count). The van der Waals surface area contributed by atoms with Gasteiger partial charge in [0.05, 0.1) is 44.0 Å². The number of nitrogens with one attached hydrogen (secondary N) is 2. The topological polar surface area (TPSA) is 272 Å². The van der Waals surface area contributed by atoms with Gasteiger partial charge in [-0.1, -0.05) is 72.8 Å². The summed E-state index contributed by atoms with van der Waals surface area (Å²) < 4.78 is 4.73. The predicted molar refractivity (Wildman–Crippen MR) is 233 cm³/mol. The third kappa shape index (κ3) is 8.26. The number of aromatic nitrogens is 2. The van der Waals surface area contributed by atoms with Gasteiger partial charge >= 0.3 is 17.6 Å². The Morgan fingerprint density at radius 3 is 1.78 bits per heavy atom. The summed E-state index contributed by atoms with van der Waals surface area (Å²) in [5.74, 6) is -2.14. The van der Waals surface area contributed by atoms with Crippen LogP contribution in [0.4, 0.5) is 34.1 Å². The third-order valence-electron chi connectivity index (χ3n) is 10.1. The van der Waals surface area contributed by atoms with E-state index in [-0.39, 0.29) is 45.6 Å². The van der Waals surface area contributed by atoms with Crippen LogP contribution in [0, 0.1) is 31.6 Å². The fraction of sp³-hybridized carbons (Fsp3) is 0.0217. The number of carbonyl (C=O) groups is 2. The Bertz CT molecular complexity index is 3350. The maximum absolute atomic E-state index is 11.6. The van der Waals surface area contributed by atoms with E-state index >= 15 is 0 Å². The van der Waals surface area contributed by atoms with Crippen LogP contribution in [0.3, 0.4) is 0 Å². The summed E-state index contributed by atoms with van der Waals surface area (Å²) in [6.07, 6.45) is 0. The number of carboxylic acid groups (broad SMARTS) is 2. The number of nitro benzene ring substituents is 2. The number of carboxylic acids is 2. The van der Waals surface area contributed by atoms with Gasteiger partial charge in [-0.05, 0) is 81.6 Å². The van der Waals surface area contributed by atoms with E-state index < -0.39 is 21.8 Å². The molecule has 0 fully saturated rings. The first kappa shape index (κ1) is 41.1. The number of nitrogens with zero attached hydrogens (tertiary/aromatic N) is 7. The molecule has 0 amide bonds. The minimum atomic E-state index is -1.10. The lowest BCUT2D eigenvalue weighted by molar-refractivity contribution is -0.386. The van der Waals surface area contributed by atoms with Gasteiger partial charge in [0, 0.05) is 40.2 Å². The number of nitriles is 1. The van der Waals surface area contributed by atoms with Crippen LogP contribution in [-0.4, -0.2) is 49.0 Å². The summed E-state index contributed by atoms with van der Waals surface area (Å²) >= 11 is 0. The fourth-order valence-corrected chi connectivity index (χ4v) is 7.02. The Kier molecular flexibility index (Phi) is 11.3. The van der Waals surface area contributed by atoms with Gasteiger partial charge in [-0.2, -0.15) is 5.26 Å². The van der Waals surface area contributed by atoms with E-state index in [1.54, 1.807) is 42.5 Å². The van der Waals surface area contributed by atoms with Gasteiger partial charge in [-0.25, -0.2) is 14.2 Å². The summed E-state index contributed by atoms with van der Waals surface area (Å²) in [5, 5.41) is 65.3. The molecule has 1 aromatic heterocycles. The second-order valence-corrected chi connectivity index (χ2v) is 13.9. The van der Waals surface area contributed by atoms with Gasteiger partial charge in [0.1, 0.15) is 12.0 Å². The molecule has 7 aromatic carbocycles. The first-order valence-corrected chi connectivity index (χ1v) is 19.0. The van der Waals surface area contributed by atoms with Gasteiger partial charge in [0.25, 0.3) is 5.69 Å². The lowest BCUT2D eigenvalue weighted by atomic mass is 9.96. The van der Waals surface area contributed by atoms with E-state index in [0.29, 0.717) is 50.4 Å². The van der Waals surface area contributed by atoms with Gasteiger partial charge in [0.2, 0.25) is 5.52 Å². The van der Waals surface area contributed by atoms with Crippen LogP contribution in [0.5, 0.6) is 0 Å². The molecule has 0 spiro atoms. The highest BCUT2D eigenvalue weighted by atomic mass is 16.6. The first-order chi connectivity index (χ1) is 31.0. The van der Waals surface area contributed by atoms with Crippen molar-refractivity contribution in [2.24, 2.45) is 9.98 Å². The molecule has 0 aliphatic carbocycles. The number of rotatable bonds is 11. The second kappa shape index (κ2) is 17.5. The van der Waals surface area contributed by atoms with Crippen LogP contribution in [-0.2, 0) is 0 Å². The highest BCUT2D eigenvalue weighted by Crippen LogP contribution is 2.37. The van der Waals surface area contributed by atoms with Gasteiger partial charge in [-0.3, -0.25) is 30.2 Å². The molecule has 0 bridgehead atoms. The van der Waals surface area contributed by atoms with Crippen LogP contribution in [0.25, 0.3) is 44.4 Å². The van der Waals surface area contributed by atoms with E-state index in [1.165, 1.54) is 42.5 Å². The molecular weight excluding hydrogens is 823 g/mol. The standard InChI is InChI=1S/C25H16N4O5.C21H13N5O4/c30-25(31)18-10-11-20(26-21-12-13-22(29(32)33)24-23(21)27-34-28-24)19(14-18)17-8-6-16(7-9-17)15-4-2-1-3-5-15;22-10-13-3-1-2-4-14(13)15-9-12(21(27)28)5-6-16(15)25-17-7-8-18(26(29)30)20-19(17)23-11-24-20/h1-14,26H,(H,30,31);1-9,25H,11H2,(H,27,28). The van der Waals surface area contributed by atoms with Crippen molar-refractivity contribution in [2.75, 3.05) is 17.3 Å². The lowest BCUT2D eigenvalue weighted by Crippen LogP contribution is -2.27. The molecule has 0 saturated heterocycles. The maximum atomic E-state index is 11.6. The predicted octanol–water partition coefficient (Wildman–Crippen LogP) is 8.69. The molecule has 312 valence electrons. The van der Waals surface area contributed by atoms with E-state index in [9.17, 15) is 45.3 Å². The Labute approximate surface area is 360 Å². The smallest absolute Gasteiger partial charge is 0.335 e. The Hall–Kier alpha value is -9.63. The van der Waals surface area contributed by atoms with Crippen molar-refractivity contribution < 1.29 is 34.3 Å². The van der Waals surface area contributed by atoms with Crippen LogP contribution >= 0.6 is 0 Å². The molecule has 1 aliphatic heterocycles. The normalized spacial score (nSPS) is 11.2. The number of benzene rings is 7. The number of hydrogen-bond donors (Lipinski definition) is 4. The molecule has 2 heterocycles. The van der Waals surface area contributed by atoms with Crippen molar-refractivity contribution in [2.45, 2.75) is 0 Å². The molecule has 8 aromatic rings. The molecule has 0 saturated carbocycles. The number of aromatic carboxylic acids is 2. The summed E-state index contributed by atoms with van der Waals surface area (Å²) in [6, 6.07) is 41.5. The Morgan fingerprint density at radius 1 is 0.578 bits per heavy atom. The van der Waals surface area contributed by atoms with E-state index in [2.05, 4.69) is 37.0 Å². The van der Waals surface area contributed by atoms with Crippen LogP contribution in [0.15, 0.2) is 154 Å². The summed E-state index contributed by atoms with van der Waals surface area (Å²) in [4.78, 5) is 52.9. The summed E-state index contributed by atoms with van der Waals surface area (Å²) in [7, 11) is 0. The van der Waals surface area contributed by atoms with Gasteiger partial charge in [-0.15, -0.1) is 0 Å². The van der Waals surface area contributed by atoms with E-state index in [4.69, 9.17) is 4.63 Å². The van der Waals surface area contributed by atoms with Gasteiger partial charge < -0.3 is 20.8 Å². The van der Waals surface area contributed by atoms with Crippen molar-refractivity contribution >= 4 is 57.1 Å². The largest absolute Gasteiger partial charge is 0.478 e. The van der Waals surface area contributed by atoms with E-state index in [0.717, 1.165) is 16.7 Å². The number of non-ortho nitro benzene ring substituents is 2. The summed E-state index contributed by atoms with van der Waals surface area (Å²) in [5.41, 5.74) is 7.10. The molecular formula is C46H29N9O9. The zero-order valence-electron chi connectivity index (χ0n) is 32.9. The zero-order valence-corrected chi connectivity index (χ0v) is 32.9. The number of fused-ring (bicyclic) bond motifs is 2. The van der Waals surface area contributed by atoms with Crippen molar-refractivity contribution in [3.63, 3.8) is 0 Å². The molecule has 1 aliphatic rings. The number of hydrogen-bond acceptors (Lipinski definition) is 14. The second-order valence-electron chi connectivity index (χ2n) is 13.9. The Morgan fingerprint density at radius 2 is 1.11 bits per heavy atom. The van der Waals surface area contributed by atoms with Crippen molar-refractivity contribution in [1.29, 1.82) is 5.26 Å². The fourth-order valence-electron chi connectivity index (χ4n) is 7.02. The van der Waals surface area contributed by atoms with Crippen LogP contribution in [0.2, 0.25) is 0 Å². The third-order valence-corrected chi connectivity index (χ3v) is 10.1. The highest BCUT2D eigenvalue weighted by Gasteiger charge is 2.22. The average molecular weight is 852 g/mol. The minimum Gasteiger partial charge on any atom is -0.478 e. The van der Waals surface area contributed by atoms with Crippen LogP contribution < -0.4 is 21.3 Å². The average Bonchev–Trinajstić information content (AvgIpc) is 4.02.